The maximum absolute atomic E-state index is 12.6. The number of anilines is 1. The van der Waals surface area contributed by atoms with Crippen molar-refractivity contribution in [2.24, 2.45) is 5.92 Å². The van der Waals surface area contributed by atoms with Crippen molar-refractivity contribution in [3.8, 4) is 22.4 Å². The van der Waals surface area contributed by atoms with Gasteiger partial charge in [-0.3, -0.25) is 15.0 Å². The zero-order valence-electron chi connectivity index (χ0n) is 18.6. The maximum Gasteiger partial charge on any atom is 0.329 e. The lowest BCUT2D eigenvalue weighted by Gasteiger charge is -2.15. The summed E-state index contributed by atoms with van der Waals surface area (Å²) in [6.45, 7) is 4.06. The van der Waals surface area contributed by atoms with Crippen molar-refractivity contribution >= 4 is 51.9 Å². The topological polar surface area (TPSA) is 75.4 Å². The van der Waals surface area contributed by atoms with E-state index in [2.05, 4.69) is 19.2 Å². The summed E-state index contributed by atoms with van der Waals surface area (Å²) in [6.07, 6.45) is 0.585. The summed E-state index contributed by atoms with van der Waals surface area (Å²) in [7, 11) is 0. The quantitative estimate of drug-likeness (QED) is 0.313. The van der Waals surface area contributed by atoms with Gasteiger partial charge in [0.1, 0.15) is 12.3 Å². The Hall–Kier alpha value is -3.35. The fourth-order valence-electron chi connectivity index (χ4n) is 4.19. The summed E-state index contributed by atoms with van der Waals surface area (Å²) in [5, 5.41) is 4.18. The Morgan fingerprint density at radius 1 is 1.06 bits per heavy atom. The molecule has 34 heavy (non-hydrogen) atoms. The first-order chi connectivity index (χ1) is 16.3. The average Bonchev–Trinajstić information content (AvgIpc) is 3.30. The van der Waals surface area contributed by atoms with Gasteiger partial charge in [0.2, 0.25) is 11.6 Å². The highest BCUT2D eigenvalue weighted by molar-refractivity contribution is 6.33. The third-order valence-corrected chi connectivity index (χ3v) is 6.25. The summed E-state index contributed by atoms with van der Waals surface area (Å²) in [5.74, 6) is 0.522. The lowest BCUT2D eigenvalue weighted by molar-refractivity contribution is -0.117. The van der Waals surface area contributed by atoms with Crippen molar-refractivity contribution in [1.82, 2.24) is 10.3 Å². The molecule has 1 aliphatic rings. The van der Waals surface area contributed by atoms with Crippen LogP contribution in [0.15, 0.2) is 59.0 Å². The van der Waals surface area contributed by atoms with E-state index in [1.54, 1.807) is 0 Å². The van der Waals surface area contributed by atoms with Gasteiger partial charge in [-0.05, 0) is 35.7 Å². The average molecular weight is 494 g/mol. The van der Waals surface area contributed by atoms with Crippen LogP contribution in [0.4, 0.5) is 10.5 Å². The van der Waals surface area contributed by atoms with Gasteiger partial charge in [0.25, 0.3) is 0 Å². The number of urea groups is 1. The molecule has 0 unspecified atom stereocenters. The van der Waals surface area contributed by atoms with Crippen LogP contribution < -0.4 is 10.2 Å². The van der Waals surface area contributed by atoms with Gasteiger partial charge in [-0.2, -0.15) is 0 Å². The number of amides is 3. The second-order valence-corrected chi connectivity index (χ2v) is 9.48. The van der Waals surface area contributed by atoms with Gasteiger partial charge in [-0.25, -0.2) is 9.78 Å². The fraction of sp³-hybridized carbons (Fsp3) is 0.192. The first kappa shape index (κ1) is 22.4. The fourth-order valence-corrected chi connectivity index (χ4v) is 4.55. The number of benzene rings is 2. The molecule has 6 nitrogen and oxygen atoms in total. The lowest BCUT2D eigenvalue weighted by atomic mass is 9.97. The number of imide groups is 1. The van der Waals surface area contributed by atoms with E-state index in [1.165, 1.54) is 4.90 Å². The molecule has 2 aromatic heterocycles. The van der Waals surface area contributed by atoms with E-state index >= 15 is 0 Å². The zero-order chi connectivity index (χ0) is 24.0. The zero-order valence-corrected chi connectivity index (χ0v) is 20.1. The SMILES string of the molecule is CC(C)Cc1oc2nc(-c3ccccc3Cl)c(-c3ccc(Cl)cc3)cc2c1N1CC(=O)NC1=O. The molecule has 4 aromatic rings. The van der Waals surface area contributed by atoms with Crippen LogP contribution in [0.3, 0.4) is 0 Å². The molecule has 3 heterocycles. The molecule has 0 saturated carbocycles. The molecule has 3 amide bonds. The molecule has 0 atom stereocenters. The molecular formula is C26H21Cl2N3O3. The summed E-state index contributed by atoms with van der Waals surface area (Å²) in [4.78, 5) is 30.9. The molecule has 0 bridgehead atoms. The van der Waals surface area contributed by atoms with Crippen molar-refractivity contribution in [1.29, 1.82) is 0 Å². The van der Waals surface area contributed by atoms with Crippen molar-refractivity contribution < 1.29 is 14.0 Å². The normalized spacial score (nSPS) is 13.9. The summed E-state index contributed by atoms with van der Waals surface area (Å²) >= 11 is 12.7. The second-order valence-electron chi connectivity index (χ2n) is 8.64. The number of hydrogen-bond donors (Lipinski definition) is 1. The van der Waals surface area contributed by atoms with Crippen LogP contribution in [0.2, 0.25) is 10.0 Å². The van der Waals surface area contributed by atoms with Crippen LogP contribution in [0.5, 0.6) is 0 Å². The van der Waals surface area contributed by atoms with E-state index in [9.17, 15) is 9.59 Å². The third-order valence-electron chi connectivity index (χ3n) is 5.67. The number of aromatic nitrogens is 1. The number of carbonyl (C=O) groups excluding carboxylic acids is 2. The predicted octanol–water partition coefficient (Wildman–Crippen LogP) is 6.72. The van der Waals surface area contributed by atoms with Gasteiger partial charge < -0.3 is 4.42 Å². The van der Waals surface area contributed by atoms with E-state index in [4.69, 9.17) is 32.6 Å². The number of hydrogen-bond acceptors (Lipinski definition) is 4. The Labute approximate surface area is 206 Å². The Morgan fingerprint density at radius 3 is 2.44 bits per heavy atom. The molecule has 1 saturated heterocycles. The van der Waals surface area contributed by atoms with Crippen LogP contribution in [-0.4, -0.2) is 23.5 Å². The highest BCUT2D eigenvalue weighted by Crippen LogP contribution is 2.42. The van der Waals surface area contributed by atoms with Crippen LogP contribution in [0.25, 0.3) is 33.5 Å². The highest BCUT2D eigenvalue weighted by atomic mass is 35.5. The Bertz CT molecular complexity index is 1430. The van der Waals surface area contributed by atoms with Crippen LogP contribution in [0, 0.1) is 5.92 Å². The van der Waals surface area contributed by atoms with Crippen molar-refractivity contribution in [3.05, 3.63) is 70.4 Å². The van der Waals surface area contributed by atoms with E-state index < -0.39 is 6.03 Å². The third kappa shape index (κ3) is 4.04. The number of fused-ring (bicyclic) bond motifs is 1. The van der Waals surface area contributed by atoms with Crippen LogP contribution in [0.1, 0.15) is 19.6 Å². The summed E-state index contributed by atoms with van der Waals surface area (Å²) in [6, 6.07) is 16.4. The van der Waals surface area contributed by atoms with Gasteiger partial charge >= 0.3 is 6.03 Å². The first-order valence-corrected chi connectivity index (χ1v) is 11.7. The van der Waals surface area contributed by atoms with E-state index in [1.807, 2.05) is 54.6 Å². The molecule has 2 aromatic carbocycles. The molecule has 1 aliphatic heterocycles. The van der Waals surface area contributed by atoms with Gasteiger partial charge in [0, 0.05) is 27.6 Å². The minimum atomic E-state index is -0.471. The van der Waals surface area contributed by atoms with Gasteiger partial charge in [0.05, 0.1) is 16.8 Å². The minimum absolute atomic E-state index is 0.0683. The number of furan rings is 1. The molecule has 0 radical (unpaired) electrons. The molecule has 0 spiro atoms. The molecule has 1 N–H and O–H groups in total. The molecule has 1 fully saturated rings. The van der Waals surface area contributed by atoms with E-state index in [0.29, 0.717) is 44.7 Å². The standard InChI is InChI=1S/C26H21Cl2N3O3/c1-14(2)11-21-24(31-13-22(32)29-26(31)33)19-12-18(15-7-9-16(27)10-8-15)23(30-25(19)34-21)17-5-3-4-6-20(17)28/h3-10,12,14H,11,13H2,1-2H3,(H,29,32,33). The van der Waals surface area contributed by atoms with Gasteiger partial charge in [-0.1, -0.05) is 67.4 Å². The Kier molecular flexibility index (Phi) is 5.80. The monoisotopic (exact) mass is 493 g/mol. The number of pyridine rings is 1. The number of rotatable bonds is 5. The largest absolute Gasteiger partial charge is 0.440 e. The second kappa shape index (κ2) is 8.78. The predicted molar refractivity (Wildman–Crippen MR) is 134 cm³/mol. The smallest absolute Gasteiger partial charge is 0.329 e. The maximum atomic E-state index is 12.6. The summed E-state index contributed by atoms with van der Waals surface area (Å²) in [5.41, 5.74) is 4.05. The highest BCUT2D eigenvalue weighted by Gasteiger charge is 2.34. The molecule has 5 rings (SSSR count). The number of nitrogens with one attached hydrogen (secondary N) is 1. The lowest BCUT2D eigenvalue weighted by Crippen LogP contribution is -2.28. The molecule has 172 valence electrons. The van der Waals surface area contributed by atoms with Gasteiger partial charge in [-0.15, -0.1) is 0 Å². The van der Waals surface area contributed by atoms with Crippen molar-refractivity contribution in [2.75, 3.05) is 11.4 Å². The van der Waals surface area contributed by atoms with Crippen LogP contribution >= 0.6 is 23.2 Å². The molecular weight excluding hydrogens is 473 g/mol. The van der Waals surface area contributed by atoms with E-state index in [0.717, 1.165) is 16.7 Å². The number of carbonyl (C=O) groups is 2. The van der Waals surface area contributed by atoms with Crippen molar-refractivity contribution in [2.45, 2.75) is 20.3 Å². The minimum Gasteiger partial charge on any atom is -0.440 e. The molecule has 8 heteroatoms. The molecule has 0 aliphatic carbocycles. The van der Waals surface area contributed by atoms with Gasteiger partial charge in [0.15, 0.2) is 0 Å². The Balaban J connectivity index is 1.82. The van der Waals surface area contributed by atoms with Crippen molar-refractivity contribution in [3.63, 3.8) is 0 Å². The number of halogens is 2. The summed E-state index contributed by atoms with van der Waals surface area (Å²) < 4.78 is 6.21. The van der Waals surface area contributed by atoms with Crippen LogP contribution in [-0.2, 0) is 11.2 Å². The number of nitrogens with zero attached hydrogens (tertiary/aromatic N) is 2. The van der Waals surface area contributed by atoms with E-state index in [-0.39, 0.29) is 18.4 Å². The Morgan fingerprint density at radius 2 is 1.79 bits per heavy atom. The first-order valence-electron chi connectivity index (χ1n) is 10.9.